The first-order chi connectivity index (χ1) is 8.18. The summed E-state index contributed by atoms with van der Waals surface area (Å²) in [4.78, 5) is 11.2. The SMILES string of the molecule is CC.Cc1nc(N2CCOCC2)nc(C)c1C. The minimum atomic E-state index is 0.773. The summed E-state index contributed by atoms with van der Waals surface area (Å²) < 4.78 is 5.31. The molecule has 0 atom stereocenters. The normalized spacial score (nSPS) is 15.2. The van der Waals surface area contributed by atoms with Crippen LogP contribution >= 0.6 is 0 Å². The number of nitrogens with zero attached hydrogens (tertiary/aromatic N) is 3. The van der Waals surface area contributed by atoms with E-state index in [-0.39, 0.29) is 0 Å². The van der Waals surface area contributed by atoms with Crippen molar-refractivity contribution in [2.75, 3.05) is 31.2 Å². The maximum absolute atomic E-state index is 5.31. The predicted molar refractivity (Wildman–Crippen MR) is 70.6 cm³/mol. The highest BCUT2D eigenvalue weighted by atomic mass is 16.5. The fraction of sp³-hybridized carbons (Fsp3) is 0.692. The van der Waals surface area contributed by atoms with Crippen LogP contribution in [-0.4, -0.2) is 36.3 Å². The van der Waals surface area contributed by atoms with Crippen molar-refractivity contribution in [3.63, 3.8) is 0 Å². The Bertz CT molecular complexity index is 337. The number of hydrogen-bond acceptors (Lipinski definition) is 4. The molecule has 0 aromatic carbocycles. The molecule has 1 aromatic heterocycles. The lowest BCUT2D eigenvalue weighted by molar-refractivity contribution is 0.122. The van der Waals surface area contributed by atoms with Crippen molar-refractivity contribution < 1.29 is 4.74 Å². The van der Waals surface area contributed by atoms with Gasteiger partial charge in [0.1, 0.15) is 0 Å². The zero-order valence-corrected chi connectivity index (χ0v) is 11.6. The molecule has 4 nitrogen and oxygen atoms in total. The second-order valence-corrected chi connectivity index (χ2v) is 3.92. The molecule has 96 valence electrons. The quantitative estimate of drug-likeness (QED) is 0.751. The van der Waals surface area contributed by atoms with Crippen molar-refractivity contribution in [1.82, 2.24) is 9.97 Å². The molecule has 17 heavy (non-hydrogen) atoms. The lowest BCUT2D eigenvalue weighted by Crippen LogP contribution is -2.37. The fourth-order valence-electron chi connectivity index (χ4n) is 1.66. The molecule has 1 fully saturated rings. The van der Waals surface area contributed by atoms with Gasteiger partial charge in [-0.15, -0.1) is 0 Å². The van der Waals surface area contributed by atoms with E-state index in [0.29, 0.717) is 0 Å². The Hall–Kier alpha value is -1.16. The summed E-state index contributed by atoms with van der Waals surface area (Å²) in [6.07, 6.45) is 0. The average Bonchev–Trinajstić information content (AvgIpc) is 2.39. The topological polar surface area (TPSA) is 38.2 Å². The van der Waals surface area contributed by atoms with Crippen molar-refractivity contribution in [2.45, 2.75) is 34.6 Å². The Morgan fingerprint density at radius 2 is 1.41 bits per heavy atom. The van der Waals surface area contributed by atoms with Crippen LogP contribution in [0.15, 0.2) is 0 Å². The van der Waals surface area contributed by atoms with E-state index in [9.17, 15) is 0 Å². The highest BCUT2D eigenvalue weighted by Gasteiger charge is 2.15. The first-order valence-corrected chi connectivity index (χ1v) is 6.33. The van der Waals surface area contributed by atoms with Gasteiger partial charge in [-0.2, -0.15) is 0 Å². The second-order valence-electron chi connectivity index (χ2n) is 3.92. The molecule has 0 aliphatic carbocycles. The summed E-state index contributed by atoms with van der Waals surface area (Å²) in [7, 11) is 0. The summed E-state index contributed by atoms with van der Waals surface area (Å²) in [5.74, 6) is 0.846. The van der Waals surface area contributed by atoms with Gasteiger partial charge in [0.2, 0.25) is 5.95 Å². The van der Waals surface area contributed by atoms with Crippen LogP contribution in [0.1, 0.15) is 30.8 Å². The Labute approximate surface area is 104 Å². The number of rotatable bonds is 1. The molecule has 0 amide bonds. The first kappa shape index (κ1) is 13.9. The van der Waals surface area contributed by atoms with Gasteiger partial charge in [0.15, 0.2) is 0 Å². The highest BCUT2D eigenvalue weighted by molar-refractivity contribution is 5.36. The maximum atomic E-state index is 5.31. The van der Waals surface area contributed by atoms with Crippen LogP contribution in [0.4, 0.5) is 5.95 Å². The zero-order valence-electron chi connectivity index (χ0n) is 11.6. The standard InChI is InChI=1S/C11H17N3O.C2H6/c1-8-9(2)12-11(13-10(8)3)14-4-6-15-7-5-14;1-2/h4-7H2,1-3H3;1-2H3. The van der Waals surface area contributed by atoms with E-state index in [4.69, 9.17) is 4.74 Å². The third-order valence-corrected chi connectivity index (χ3v) is 2.91. The third-order valence-electron chi connectivity index (χ3n) is 2.91. The molecule has 0 N–H and O–H groups in total. The highest BCUT2D eigenvalue weighted by Crippen LogP contribution is 2.15. The lowest BCUT2D eigenvalue weighted by atomic mass is 10.2. The molecule has 4 heteroatoms. The van der Waals surface area contributed by atoms with Crippen LogP contribution in [0.2, 0.25) is 0 Å². The van der Waals surface area contributed by atoms with Gasteiger partial charge >= 0.3 is 0 Å². The molecule has 1 aliphatic heterocycles. The fourth-order valence-corrected chi connectivity index (χ4v) is 1.66. The largest absolute Gasteiger partial charge is 0.378 e. The Morgan fingerprint density at radius 3 is 1.88 bits per heavy atom. The Balaban J connectivity index is 0.000000686. The van der Waals surface area contributed by atoms with Gasteiger partial charge < -0.3 is 9.64 Å². The average molecular weight is 237 g/mol. The lowest BCUT2D eigenvalue weighted by Gasteiger charge is -2.27. The molecule has 0 saturated carbocycles. The molecule has 1 aromatic rings. The smallest absolute Gasteiger partial charge is 0.225 e. The van der Waals surface area contributed by atoms with Crippen molar-refractivity contribution in [3.8, 4) is 0 Å². The maximum Gasteiger partial charge on any atom is 0.225 e. The van der Waals surface area contributed by atoms with Crippen LogP contribution in [0.5, 0.6) is 0 Å². The summed E-state index contributed by atoms with van der Waals surface area (Å²) in [6.45, 7) is 13.5. The van der Waals surface area contributed by atoms with Crippen molar-refractivity contribution >= 4 is 5.95 Å². The number of anilines is 1. The molecule has 2 heterocycles. The van der Waals surface area contributed by atoms with Crippen LogP contribution in [0.25, 0.3) is 0 Å². The molecular weight excluding hydrogens is 214 g/mol. The summed E-state index contributed by atoms with van der Waals surface area (Å²) >= 11 is 0. The molecular formula is C13H23N3O. The molecule has 2 rings (SSSR count). The minimum absolute atomic E-state index is 0.773. The molecule has 0 radical (unpaired) electrons. The third kappa shape index (κ3) is 3.40. The predicted octanol–water partition coefficient (Wildman–Crippen LogP) is 2.26. The van der Waals surface area contributed by atoms with Gasteiger partial charge in [-0.3, -0.25) is 0 Å². The van der Waals surface area contributed by atoms with E-state index in [1.807, 2.05) is 27.7 Å². The first-order valence-electron chi connectivity index (χ1n) is 6.33. The van der Waals surface area contributed by atoms with Crippen LogP contribution in [0, 0.1) is 20.8 Å². The van der Waals surface area contributed by atoms with E-state index in [1.165, 1.54) is 5.56 Å². The minimum Gasteiger partial charge on any atom is -0.378 e. The van der Waals surface area contributed by atoms with E-state index in [0.717, 1.165) is 43.6 Å². The van der Waals surface area contributed by atoms with Gasteiger partial charge in [-0.05, 0) is 26.3 Å². The van der Waals surface area contributed by atoms with Gasteiger partial charge in [-0.1, -0.05) is 13.8 Å². The van der Waals surface area contributed by atoms with Crippen molar-refractivity contribution in [1.29, 1.82) is 0 Å². The number of aryl methyl sites for hydroxylation is 2. The van der Waals surface area contributed by atoms with Gasteiger partial charge in [0, 0.05) is 24.5 Å². The molecule has 0 spiro atoms. The van der Waals surface area contributed by atoms with Gasteiger partial charge in [0.05, 0.1) is 13.2 Å². The van der Waals surface area contributed by atoms with Crippen molar-refractivity contribution in [2.24, 2.45) is 0 Å². The van der Waals surface area contributed by atoms with Crippen LogP contribution in [-0.2, 0) is 4.74 Å². The Kier molecular flexibility index (Phi) is 5.35. The zero-order chi connectivity index (χ0) is 12.8. The summed E-state index contributed by atoms with van der Waals surface area (Å²) in [5.41, 5.74) is 3.33. The van der Waals surface area contributed by atoms with Crippen LogP contribution < -0.4 is 4.90 Å². The van der Waals surface area contributed by atoms with Crippen molar-refractivity contribution in [3.05, 3.63) is 17.0 Å². The van der Waals surface area contributed by atoms with Gasteiger partial charge in [0.25, 0.3) is 0 Å². The molecule has 1 saturated heterocycles. The van der Waals surface area contributed by atoms with Crippen LogP contribution in [0.3, 0.4) is 0 Å². The number of aromatic nitrogens is 2. The summed E-state index contributed by atoms with van der Waals surface area (Å²) in [6, 6.07) is 0. The number of morpholine rings is 1. The number of hydrogen-bond donors (Lipinski definition) is 0. The summed E-state index contributed by atoms with van der Waals surface area (Å²) in [5, 5.41) is 0. The Morgan fingerprint density at radius 1 is 0.941 bits per heavy atom. The second kappa shape index (κ2) is 6.55. The van der Waals surface area contributed by atoms with E-state index in [1.54, 1.807) is 0 Å². The van der Waals surface area contributed by atoms with Gasteiger partial charge in [-0.25, -0.2) is 9.97 Å². The monoisotopic (exact) mass is 237 g/mol. The molecule has 0 unspecified atom stereocenters. The van der Waals surface area contributed by atoms with E-state index in [2.05, 4.69) is 21.8 Å². The molecule has 0 bridgehead atoms. The molecule has 1 aliphatic rings. The number of ether oxygens (including phenoxy) is 1. The van der Waals surface area contributed by atoms with E-state index >= 15 is 0 Å². The van der Waals surface area contributed by atoms with E-state index < -0.39 is 0 Å².